The number of fused-ring (bicyclic) bond motifs is 1. The van der Waals surface area contributed by atoms with E-state index in [1.807, 2.05) is 48.5 Å². The molecule has 0 aliphatic heterocycles. The highest BCUT2D eigenvalue weighted by Gasteiger charge is 2.37. The molecule has 3 aromatic rings. The lowest BCUT2D eigenvalue weighted by molar-refractivity contribution is -0.118. The molecule has 1 fully saturated rings. The molecule has 0 radical (unpaired) electrons. The first-order chi connectivity index (χ1) is 10.8. The van der Waals surface area contributed by atoms with Crippen molar-refractivity contribution >= 4 is 22.5 Å². The number of hydrogen-bond donors (Lipinski definition) is 2. The summed E-state index contributed by atoms with van der Waals surface area (Å²) in [5, 5.41) is 11.0. The summed E-state index contributed by atoms with van der Waals surface area (Å²) in [7, 11) is 0. The van der Waals surface area contributed by atoms with Crippen LogP contribution >= 0.6 is 0 Å². The van der Waals surface area contributed by atoms with Crippen molar-refractivity contribution in [2.45, 2.75) is 18.8 Å². The average Bonchev–Trinajstić information content (AvgIpc) is 3.25. The molecule has 4 heteroatoms. The highest BCUT2D eigenvalue weighted by molar-refractivity contribution is 5.98. The van der Waals surface area contributed by atoms with Gasteiger partial charge in [-0.05, 0) is 42.5 Å². The van der Waals surface area contributed by atoms with Gasteiger partial charge in [-0.2, -0.15) is 5.10 Å². The lowest BCUT2D eigenvalue weighted by atomic mass is 9.93. The summed E-state index contributed by atoms with van der Waals surface area (Å²) < 4.78 is 0. The van der Waals surface area contributed by atoms with Crippen molar-refractivity contribution in [3.8, 4) is 0 Å². The van der Waals surface area contributed by atoms with Gasteiger partial charge in [-0.15, -0.1) is 0 Å². The maximum absolute atomic E-state index is 12.7. The predicted molar refractivity (Wildman–Crippen MR) is 86.6 cm³/mol. The highest BCUT2D eigenvalue weighted by atomic mass is 16.1. The van der Waals surface area contributed by atoms with Gasteiger partial charge in [0, 0.05) is 11.1 Å². The zero-order chi connectivity index (χ0) is 14.9. The maximum Gasteiger partial charge on any atom is 0.232 e. The van der Waals surface area contributed by atoms with Gasteiger partial charge in [0.2, 0.25) is 5.91 Å². The molecule has 2 N–H and O–H groups in total. The largest absolute Gasteiger partial charge is 0.326 e. The van der Waals surface area contributed by atoms with Crippen LogP contribution in [-0.2, 0) is 4.79 Å². The van der Waals surface area contributed by atoms with Crippen LogP contribution in [0.25, 0.3) is 10.9 Å². The van der Waals surface area contributed by atoms with E-state index in [0.29, 0.717) is 5.92 Å². The molecule has 22 heavy (non-hydrogen) atoms. The summed E-state index contributed by atoms with van der Waals surface area (Å²) in [6.45, 7) is 0. The maximum atomic E-state index is 12.7. The number of nitrogens with zero attached hydrogens (tertiary/aromatic N) is 1. The quantitative estimate of drug-likeness (QED) is 0.770. The summed E-state index contributed by atoms with van der Waals surface area (Å²) in [6, 6.07) is 15.9. The van der Waals surface area contributed by atoms with Crippen LogP contribution in [0.4, 0.5) is 5.69 Å². The monoisotopic (exact) mass is 291 g/mol. The van der Waals surface area contributed by atoms with Crippen LogP contribution in [0.5, 0.6) is 0 Å². The van der Waals surface area contributed by atoms with Crippen LogP contribution in [0.2, 0.25) is 0 Å². The second-order valence-corrected chi connectivity index (χ2v) is 5.89. The normalized spacial score (nSPS) is 15.6. The van der Waals surface area contributed by atoms with Crippen molar-refractivity contribution in [2.75, 3.05) is 5.32 Å². The Hall–Kier alpha value is -2.62. The first kappa shape index (κ1) is 13.1. The van der Waals surface area contributed by atoms with E-state index in [1.54, 1.807) is 6.20 Å². The second-order valence-electron chi connectivity index (χ2n) is 5.89. The molecule has 0 bridgehead atoms. The van der Waals surface area contributed by atoms with Crippen molar-refractivity contribution in [1.82, 2.24) is 10.2 Å². The number of hydrogen-bond acceptors (Lipinski definition) is 2. The number of carbonyl (C=O) groups excluding carboxylic acids is 1. The summed E-state index contributed by atoms with van der Waals surface area (Å²) >= 11 is 0. The number of aromatic nitrogens is 2. The van der Waals surface area contributed by atoms with E-state index < -0.39 is 0 Å². The topological polar surface area (TPSA) is 57.8 Å². The van der Waals surface area contributed by atoms with Crippen molar-refractivity contribution in [3.63, 3.8) is 0 Å². The minimum atomic E-state index is -0.0544. The number of aromatic amines is 1. The van der Waals surface area contributed by atoms with E-state index in [0.717, 1.165) is 35.0 Å². The van der Waals surface area contributed by atoms with Gasteiger partial charge in [0.15, 0.2) is 0 Å². The summed E-state index contributed by atoms with van der Waals surface area (Å²) in [6.07, 6.45) is 4.03. The number of amides is 1. The fourth-order valence-corrected chi connectivity index (χ4v) is 2.97. The van der Waals surface area contributed by atoms with E-state index in [1.165, 1.54) is 0 Å². The average molecular weight is 291 g/mol. The molecule has 1 amide bonds. The van der Waals surface area contributed by atoms with Gasteiger partial charge in [0.05, 0.1) is 17.6 Å². The van der Waals surface area contributed by atoms with Crippen molar-refractivity contribution in [1.29, 1.82) is 0 Å². The Bertz CT molecular complexity index is 805. The summed E-state index contributed by atoms with van der Waals surface area (Å²) in [5.74, 6) is 0.498. The molecule has 1 heterocycles. The number of carbonyl (C=O) groups is 1. The Kier molecular flexibility index (Phi) is 3.15. The standard InChI is InChI=1S/C18H17N3O/c22-18(17(13-6-7-13)12-4-2-1-3-5-12)20-15-8-9-16-14(10-15)11-19-21-16/h1-5,8-11,13,17H,6-7H2,(H,19,21)(H,20,22). The number of H-pyrrole nitrogens is 1. The molecule has 2 aromatic carbocycles. The molecule has 1 unspecified atom stereocenters. The van der Waals surface area contributed by atoms with E-state index in [-0.39, 0.29) is 11.8 Å². The van der Waals surface area contributed by atoms with Crippen LogP contribution in [-0.4, -0.2) is 16.1 Å². The molecular weight excluding hydrogens is 274 g/mol. The van der Waals surface area contributed by atoms with Gasteiger partial charge in [0.1, 0.15) is 0 Å². The third kappa shape index (κ3) is 2.48. The Morgan fingerprint density at radius 2 is 2.00 bits per heavy atom. The van der Waals surface area contributed by atoms with Crippen LogP contribution in [0.15, 0.2) is 54.7 Å². The lowest BCUT2D eigenvalue weighted by Crippen LogP contribution is -2.22. The number of nitrogens with one attached hydrogen (secondary N) is 2. The smallest absolute Gasteiger partial charge is 0.232 e. The Balaban J connectivity index is 1.59. The first-order valence-corrected chi connectivity index (χ1v) is 7.60. The third-order valence-corrected chi connectivity index (χ3v) is 4.24. The van der Waals surface area contributed by atoms with Gasteiger partial charge in [0.25, 0.3) is 0 Å². The van der Waals surface area contributed by atoms with Crippen LogP contribution < -0.4 is 5.32 Å². The van der Waals surface area contributed by atoms with E-state index in [9.17, 15) is 4.79 Å². The summed E-state index contributed by atoms with van der Waals surface area (Å²) in [5.41, 5.74) is 2.90. The number of rotatable bonds is 4. The first-order valence-electron chi connectivity index (χ1n) is 7.60. The third-order valence-electron chi connectivity index (χ3n) is 4.24. The molecule has 110 valence electrons. The molecule has 1 aromatic heterocycles. The molecule has 4 nitrogen and oxygen atoms in total. The molecular formula is C18H17N3O. The molecule has 0 saturated heterocycles. The SMILES string of the molecule is O=C(Nc1ccc2[nH]ncc2c1)C(c1ccccc1)C1CC1. The van der Waals surface area contributed by atoms with Gasteiger partial charge < -0.3 is 5.32 Å². The Labute approximate surface area is 128 Å². The molecule has 4 rings (SSSR count). The van der Waals surface area contributed by atoms with Gasteiger partial charge in [-0.1, -0.05) is 30.3 Å². The Morgan fingerprint density at radius 3 is 2.77 bits per heavy atom. The van der Waals surface area contributed by atoms with Crippen molar-refractivity contribution in [2.24, 2.45) is 5.92 Å². The molecule has 1 aliphatic carbocycles. The fraction of sp³-hybridized carbons (Fsp3) is 0.222. The highest BCUT2D eigenvalue weighted by Crippen LogP contribution is 2.43. The van der Waals surface area contributed by atoms with Crippen molar-refractivity contribution < 1.29 is 4.79 Å². The molecule has 1 saturated carbocycles. The van der Waals surface area contributed by atoms with Gasteiger partial charge >= 0.3 is 0 Å². The lowest BCUT2D eigenvalue weighted by Gasteiger charge is -2.16. The van der Waals surface area contributed by atoms with Gasteiger partial charge in [-0.25, -0.2) is 0 Å². The zero-order valence-corrected chi connectivity index (χ0v) is 12.1. The Morgan fingerprint density at radius 1 is 1.18 bits per heavy atom. The van der Waals surface area contributed by atoms with E-state index >= 15 is 0 Å². The van der Waals surface area contributed by atoms with E-state index in [4.69, 9.17) is 0 Å². The number of anilines is 1. The summed E-state index contributed by atoms with van der Waals surface area (Å²) in [4.78, 5) is 12.7. The minimum absolute atomic E-state index is 0.0544. The molecule has 1 atom stereocenters. The minimum Gasteiger partial charge on any atom is -0.326 e. The van der Waals surface area contributed by atoms with Gasteiger partial charge in [-0.3, -0.25) is 9.89 Å². The van der Waals surface area contributed by atoms with Crippen molar-refractivity contribution in [3.05, 3.63) is 60.3 Å². The second kappa shape index (κ2) is 5.30. The van der Waals surface area contributed by atoms with Crippen LogP contribution in [0.1, 0.15) is 24.3 Å². The zero-order valence-electron chi connectivity index (χ0n) is 12.1. The predicted octanol–water partition coefficient (Wildman–Crippen LogP) is 3.70. The van der Waals surface area contributed by atoms with E-state index in [2.05, 4.69) is 15.5 Å². The number of benzene rings is 2. The van der Waals surface area contributed by atoms with Crippen LogP contribution in [0.3, 0.4) is 0 Å². The molecule has 1 aliphatic rings. The fourth-order valence-electron chi connectivity index (χ4n) is 2.97. The van der Waals surface area contributed by atoms with Crippen LogP contribution in [0, 0.1) is 5.92 Å². The molecule has 0 spiro atoms.